The molecule has 3 N–H and O–H groups in total. The molecule has 0 spiro atoms. The second-order valence-corrected chi connectivity index (χ2v) is 5.22. The third-order valence-electron chi connectivity index (χ3n) is 2.78. The van der Waals surface area contributed by atoms with Crippen LogP contribution in [-0.4, -0.2) is 66.5 Å². The van der Waals surface area contributed by atoms with Gasteiger partial charge in [-0.15, -0.1) is 0 Å². The smallest absolute Gasteiger partial charge is 1.00 e. The van der Waals surface area contributed by atoms with Crippen LogP contribution in [0.25, 0.3) is 0 Å². The van der Waals surface area contributed by atoms with Crippen molar-refractivity contribution in [3.8, 4) is 0 Å². The number of halogens is 1. The summed E-state index contributed by atoms with van der Waals surface area (Å²) in [6.07, 6.45) is 2.88. The summed E-state index contributed by atoms with van der Waals surface area (Å²) in [6, 6.07) is 0. The number of nitrogens with two attached hydrogens (primary N) is 1. The van der Waals surface area contributed by atoms with Crippen molar-refractivity contribution >= 4 is 34.2 Å². The van der Waals surface area contributed by atoms with Gasteiger partial charge in [0.25, 0.3) is 12.4 Å². The molecule has 2 aliphatic heterocycles. The number of carbonyl (C=O) groups excluding carboxylic acids is 3. The molecule has 0 aromatic heterocycles. The molecule has 136 valence electrons. The fraction of sp³-hybridized carbons (Fsp3) is 0.750. The average Bonchev–Trinajstić information content (AvgIpc) is 2.58. The van der Waals surface area contributed by atoms with E-state index in [2.05, 4.69) is 26.2 Å². The molecule has 0 saturated carbocycles. The topological polar surface area (TPSA) is 137 Å². The molecule has 0 bridgehead atoms. The van der Waals surface area contributed by atoms with Crippen LogP contribution < -0.4 is 154 Å². The number of morpholine rings is 1. The molecule has 0 unspecified atom stereocenters. The van der Waals surface area contributed by atoms with E-state index in [1.54, 1.807) is 5.01 Å². The molecule has 0 aromatic carbocycles. The minimum atomic E-state index is -0.181. The van der Waals surface area contributed by atoms with Crippen LogP contribution >= 0.6 is 15.9 Å². The Morgan fingerprint density at radius 1 is 1.32 bits per heavy atom. The number of rotatable bonds is 4. The largest absolute Gasteiger partial charge is 1.00 e. The number of hydrazine groups is 2. The van der Waals surface area contributed by atoms with Crippen LogP contribution in [0.3, 0.4) is 0 Å². The van der Waals surface area contributed by atoms with E-state index in [4.69, 9.17) is 20.6 Å². The zero-order valence-electron chi connectivity index (χ0n) is 15.7. The minimum absolute atomic E-state index is 0. The maximum atomic E-state index is 11.1. The first-order valence-corrected chi connectivity index (χ1v) is 8.13. The second-order valence-electron chi connectivity index (χ2n) is 4.43. The summed E-state index contributed by atoms with van der Waals surface area (Å²) in [6.45, 7) is 2.72. The van der Waals surface area contributed by atoms with Gasteiger partial charge in [0.05, 0.1) is 13.2 Å². The van der Waals surface area contributed by atoms with E-state index < -0.39 is 0 Å². The Labute approximate surface area is 275 Å². The molecular weight excluding hydrogens is 642 g/mol. The van der Waals surface area contributed by atoms with Gasteiger partial charge in [0.15, 0.2) is 0 Å². The summed E-state index contributed by atoms with van der Waals surface area (Å²) < 4.78 is 4.78. The van der Waals surface area contributed by atoms with Gasteiger partial charge >= 0.3 is 138 Å². The van der Waals surface area contributed by atoms with E-state index >= 15 is 0 Å². The Morgan fingerprint density at radius 2 is 1.96 bits per heavy atom. The number of ether oxygens (including phenoxy) is 1. The normalized spacial score (nSPS) is 16.1. The van der Waals surface area contributed by atoms with Gasteiger partial charge in [0.2, 0.25) is 5.91 Å². The molecule has 0 atom stereocenters. The maximum Gasteiger partial charge on any atom is 1.00 e. The summed E-state index contributed by atoms with van der Waals surface area (Å²) in [4.78, 5) is 32.9. The molecule has 2 aliphatic rings. The van der Waals surface area contributed by atoms with E-state index in [1.165, 1.54) is 5.01 Å². The molecular formula is C12H23BrCs2N4O6. The molecule has 2 amide bonds. The van der Waals surface area contributed by atoms with Crippen molar-refractivity contribution in [2.75, 3.05) is 38.2 Å². The van der Waals surface area contributed by atoms with Gasteiger partial charge in [-0.2, -0.15) is 0 Å². The van der Waals surface area contributed by atoms with Crippen molar-refractivity contribution in [1.29, 1.82) is 0 Å². The van der Waals surface area contributed by atoms with E-state index in [9.17, 15) is 9.59 Å². The summed E-state index contributed by atoms with van der Waals surface area (Å²) in [7, 11) is 0. The third-order valence-corrected chi connectivity index (χ3v) is 3.18. The van der Waals surface area contributed by atoms with Crippen LogP contribution in [-0.2, 0) is 24.0 Å². The van der Waals surface area contributed by atoms with Crippen molar-refractivity contribution in [1.82, 2.24) is 15.4 Å². The number of carbonyl (C=O) groups is 3. The van der Waals surface area contributed by atoms with Crippen LogP contribution in [0.1, 0.15) is 20.7 Å². The SMILES string of the molecule is NN1CCOCC1=O.O=C1CCCCN1NCCBr.O=CO[O-].[Cs+].[Cs+].[H-]. The van der Waals surface area contributed by atoms with E-state index in [1.807, 2.05) is 0 Å². The Hall–Kier alpha value is 2.83. The van der Waals surface area contributed by atoms with Gasteiger partial charge in [-0.25, -0.2) is 11.3 Å². The number of nitrogens with zero attached hydrogens (tertiary/aromatic N) is 2. The Morgan fingerprint density at radius 3 is 2.36 bits per heavy atom. The quantitative estimate of drug-likeness (QED) is 0.0756. The van der Waals surface area contributed by atoms with E-state index in [0.29, 0.717) is 19.6 Å². The van der Waals surface area contributed by atoms with Crippen molar-refractivity contribution < 1.29 is 168 Å². The van der Waals surface area contributed by atoms with Gasteiger partial charge in [-0.05, 0) is 12.8 Å². The van der Waals surface area contributed by atoms with E-state index in [-0.39, 0.29) is 164 Å². The maximum absolute atomic E-state index is 11.1. The molecule has 0 aliphatic carbocycles. The Kier molecular flexibility index (Phi) is 30.0. The average molecular weight is 665 g/mol. The second kappa shape index (κ2) is 23.1. The number of amides is 2. The van der Waals surface area contributed by atoms with Gasteiger partial charge in [0.1, 0.15) is 6.61 Å². The predicted octanol–water partition coefficient (Wildman–Crippen LogP) is -7.83. The van der Waals surface area contributed by atoms with Gasteiger partial charge < -0.3 is 16.3 Å². The van der Waals surface area contributed by atoms with Crippen LogP contribution in [0.15, 0.2) is 0 Å². The molecule has 0 aromatic rings. The fourth-order valence-corrected chi connectivity index (χ4v) is 1.86. The third kappa shape index (κ3) is 18.6. The summed E-state index contributed by atoms with van der Waals surface area (Å²) in [5.74, 6) is 5.27. The molecule has 2 saturated heterocycles. The standard InChI is InChI=1S/C7H13BrN2O.C4H8N2O2.CH2O3.2Cs.H/c8-4-5-9-10-6-2-1-3-7(10)11;5-6-1-2-8-3-4(6)7;2-1-4-3;;;/h9H,1-6H2;1-3,5H2;1,3H;;;/q;;;2*+1;-1/p-1. The zero-order valence-corrected chi connectivity index (χ0v) is 28.9. The number of alkyl halides is 1. The molecule has 13 heteroatoms. The van der Waals surface area contributed by atoms with Crippen LogP contribution in [0, 0.1) is 0 Å². The van der Waals surface area contributed by atoms with Gasteiger partial charge in [-0.1, -0.05) is 15.9 Å². The summed E-state index contributed by atoms with van der Waals surface area (Å²) in [5, 5.41) is 12.2. The Balaban J connectivity index is -0.000000145. The zero-order chi connectivity index (χ0) is 17.5. The molecule has 10 nitrogen and oxygen atoms in total. The van der Waals surface area contributed by atoms with Crippen molar-refractivity contribution in [3.05, 3.63) is 0 Å². The first kappa shape index (κ1) is 32.5. The van der Waals surface area contributed by atoms with Crippen molar-refractivity contribution in [2.45, 2.75) is 19.3 Å². The molecule has 25 heavy (non-hydrogen) atoms. The number of hydrogen-bond donors (Lipinski definition) is 2. The fourth-order valence-electron chi connectivity index (χ4n) is 1.68. The number of hydrogen-bond acceptors (Lipinski definition) is 8. The van der Waals surface area contributed by atoms with Gasteiger partial charge in [-0.3, -0.25) is 24.4 Å². The van der Waals surface area contributed by atoms with Crippen LogP contribution in [0.4, 0.5) is 0 Å². The predicted molar refractivity (Wildman–Crippen MR) is 82.3 cm³/mol. The summed E-state index contributed by atoms with van der Waals surface area (Å²) in [5.41, 5.74) is 3.06. The molecule has 2 rings (SSSR count). The van der Waals surface area contributed by atoms with E-state index in [0.717, 1.165) is 31.3 Å². The monoisotopic (exact) mass is 664 g/mol. The summed E-state index contributed by atoms with van der Waals surface area (Å²) >= 11 is 3.30. The first-order valence-electron chi connectivity index (χ1n) is 7.01. The van der Waals surface area contributed by atoms with Crippen molar-refractivity contribution in [2.24, 2.45) is 5.84 Å². The number of piperidine rings is 1. The van der Waals surface area contributed by atoms with Gasteiger partial charge in [0, 0.05) is 24.8 Å². The Bertz CT molecular complexity index is 377. The minimum Gasteiger partial charge on any atom is -1.00 e. The van der Waals surface area contributed by atoms with Crippen molar-refractivity contribution in [3.63, 3.8) is 0 Å². The van der Waals surface area contributed by atoms with Crippen LogP contribution in [0.2, 0.25) is 0 Å². The first-order chi connectivity index (χ1) is 11.1. The molecule has 2 fully saturated rings. The van der Waals surface area contributed by atoms with Crippen LogP contribution in [0.5, 0.6) is 0 Å². The molecule has 0 radical (unpaired) electrons. The molecule has 2 heterocycles. The number of nitrogens with one attached hydrogen (secondary N) is 1.